The van der Waals surface area contributed by atoms with Gasteiger partial charge in [0.05, 0.1) is 19.8 Å². The number of likely N-dealkylation sites (N-methyl/N-ethyl adjacent to an activating group) is 1. The Balaban J connectivity index is 2.50. The minimum Gasteiger partial charge on any atom is -0.468 e. The van der Waals surface area contributed by atoms with E-state index in [9.17, 15) is 4.79 Å². The van der Waals surface area contributed by atoms with E-state index in [1.807, 2.05) is 13.8 Å². The first-order valence-corrected chi connectivity index (χ1v) is 8.15. The smallest absolute Gasteiger partial charge is 0.325 e. The molecule has 1 saturated heterocycles. The van der Waals surface area contributed by atoms with Crippen LogP contribution in [0.2, 0.25) is 0 Å². The Labute approximate surface area is 129 Å². The summed E-state index contributed by atoms with van der Waals surface area (Å²) in [6.45, 7) is 11.8. The van der Waals surface area contributed by atoms with Gasteiger partial charge in [0.25, 0.3) is 0 Å². The molecule has 0 aromatic heterocycles. The van der Waals surface area contributed by atoms with Gasteiger partial charge in [0, 0.05) is 12.6 Å². The number of carbonyl (C=O) groups excluding carboxylic acids is 1. The highest BCUT2D eigenvalue weighted by Gasteiger charge is 2.33. The van der Waals surface area contributed by atoms with Crippen LogP contribution >= 0.6 is 0 Å². The highest BCUT2D eigenvalue weighted by atomic mass is 16.5. The number of ether oxygens (including phenoxy) is 2. The number of hydrogen-bond acceptors (Lipinski definition) is 5. The average Bonchev–Trinajstić information content (AvgIpc) is 2.47. The van der Waals surface area contributed by atoms with E-state index >= 15 is 0 Å². The highest BCUT2D eigenvalue weighted by Crippen LogP contribution is 2.19. The van der Waals surface area contributed by atoms with Gasteiger partial charge in [-0.1, -0.05) is 13.8 Å². The summed E-state index contributed by atoms with van der Waals surface area (Å²) in [6, 6.07) is 0.504. The van der Waals surface area contributed by atoms with Gasteiger partial charge in [-0.05, 0) is 46.2 Å². The average molecular weight is 300 g/mol. The lowest BCUT2D eigenvalue weighted by atomic mass is 9.95. The number of esters is 1. The minimum atomic E-state index is -0.580. The van der Waals surface area contributed by atoms with Crippen molar-refractivity contribution in [3.05, 3.63) is 0 Å². The molecule has 1 aliphatic heterocycles. The molecule has 1 fully saturated rings. The van der Waals surface area contributed by atoms with Crippen LogP contribution in [-0.4, -0.2) is 61.9 Å². The van der Waals surface area contributed by atoms with Crippen molar-refractivity contribution in [3.8, 4) is 0 Å². The Morgan fingerprint density at radius 3 is 2.76 bits per heavy atom. The summed E-state index contributed by atoms with van der Waals surface area (Å²) in [4.78, 5) is 14.5. The van der Waals surface area contributed by atoms with Gasteiger partial charge in [0.15, 0.2) is 0 Å². The van der Waals surface area contributed by atoms with Gasteiger partial charge in [-0.3, -0.25) is 9.69 Å². The summed E-state index contributed by atoms with van der Waals surface area (Å²) < 4.78 is 10.7. The molecule has 3 unspecified atom stereocenters. The molecule has 1 N–H and O–H groups in total. The van der Waals surface area contributed by atoms with E-state index < -0.39 is 5.54 Å². The Hall–Kier alpha value is -0.650. The second kappa shape index (κ2) is 8.71. The summed E-state index contributed by atoms with van der Waals surface area (Å²) in [5, 5.41) is 3.26. The number of nitrogens with zero attached hydrogens (tertiary/aromatic N) is 1. The van der Waals surface area contributed by atoms with Crippen molar-refractivity contribution in [1.82, 2.24) is 10.2 Å². The van der Waals surface area contributed by atoms with Crippen LogP contribution in [0.1, 0.15) is 47.0 Å². The van der Waals surface area contributed by atoms with Crippen molar-refractivity contribution in [2.45, 2.75) is 64.6 Å². The second-order valence-electron chi connectivity index (χ2n) is 6.16. The van der Waals surface area contributed by atoms with Crippen LogP contribution in [0, 0.1) is 0 Å². The van der Waals surface area contributed by atoms with Crippen molar-refractivity contribution in [2.24, 2.45) is 0 Å². The third-order valence-corrected chi connectivity index (χ3v) is 4.38. The fourth-order valence-corrected chi connectivity index (χ4v) is 3.08. The number of nitrogens with one attached hydrogen (secondary N) is 1. The first-order chi connectivity index (χ1) is 9.96. The molecule has 21 heavy (non-hydrogen) atoms. The molecule has 0 radical (unpaired) electrons. The molecule has 1 heterocycles. The first kappa shape index (κ1) is 18.4. The second-order valence-corrected chi connectivity index (χ2v) is 6.16. The van der Waals surface area contributed by atoms with Crippen LogP contribution in [0.3, 0.4) is 0 Å². The van der Waals surface area contributed by atoms with E-state index in [1.54, 1.807) is 0 Å². The van der Waals surface area contributed by atoms with Crippen LogP contribution in [0.15, 0.2) is 0 Å². The molecular formula is C16H32N2O3. The molecule has 0 amide bonds. The van der Waals surface area contributed by atoms with Gasteiger partial charge in [0.1, 0.15) is 5.54 Å². The summed E-state index contributed by atoms with van der Waals surface area (Å²) in [7, 11) is 1.45. The highest BCUT2D eigenvalue weighted by molar-refractivity contribution is 5.80. The maximum atomic E-state index is 12.0. The first-order valence-electron chi connectivity index (χ1n) is 8.15. The van der Waals surface area contributed by atoms with Crippen molar-refractivity contribution >= 4 is 5.97 Å². The summed E-state index contributed by atoms with van der Waals surface area (Å²) in [5.41, 5.74) is -0.580. The molecule has 5 nitrogen and oxygen atoms in total. The molecule has 5 heteroatoms. The fourth-order valence-electron chi connectivity index (χ4n) is 3.08. The van der Waals surface area contributed by atoms with Crippen LogP contribution in [0.25, 0.3) is 0 Å². The molecule has 3 atom stereocenters. The number of morpholine rings is 1. The van der Waals surface area contributed by atoms with E-state index in [4.69, 9.17) is 9.47 Å². The standard InChI is InChI=1S/C16H32N2O3/c1-6-14-12-21-13(3)11-18(14)10-8-9-16(4,17-7-2)15(19)20-5/h13-14,17H,6-12H2,1-5H3. The normalized spacial score (nSPS) is 26.3. The molecule has 0 aliphatic carbocycles. The van der Waals surface area contributed by atoms with E-state index in [0.717, 1.165) is 45.5 Å². The lowest BCUT2D eigenvalue weighted by Crippen LogP contribution is -2.52. The molecular weight excluding hydrogens is 268 g/mol. The summed E-state index contributed by atoms with van der Waals surface area (Å²) in [5.74, 6) is -0.174. The van der Waals surface area contributed by atoms with Gasteiger partial charge in [0.2, 0.25) is 0 Å². The zero-order chi connectivity index (χ0) is 15.9. The maximum Gasteiger partial charge on any atom is 0.325 e. The SMILES string of the molecule is CCNC(C)(CCCN1CC(C)OCC1CC)C(=O)OC. The van der Waals surface area contributed by atoms with E-state index in [-0.39, 0.29) is 5.97 Å². The van der Waals surface area contributed by atoms with Gasteiger partial charge in [-0.15, -0.1) is 0 Å². The summed E-state index contributed by atoms with van der Waals surface area (Å²) >= 11 is 0. The number of hydrogen-bond donors (Lipinski definition) is 1. The van der Waals surface area contributed by atoms with E-state index in [2.05, 4.69) is 24.1 Å². The van der Waals surface area contributed by atoms with Crippen molar-refractivity contribution in [3.63, 3.8) is 0 Å². The molecule has 1 rings (SSSR count). The number of methoxy groups -OCH3 is 1. The summed E-state index contributed by atoms with van der Waals surface area (Å²) in [6.07, 6.45) is 3.17. The predicted octanol–water partition coefficient (Wildman–Crippen LogP) is 1.81. The zero-order valence-corrected chi connectivity index (χ0v) is 14.3. The fraction of sp³-hybridized carbons (Fsp3) is 0.938. The van der Waals surface area contributed by atoms with Gasteiger partial charge < -0.3 is 14.8 Å². The Morgan fingerprint density at radius 1 is 1.48 bits per heavy atom. The van der Waals surface area contributed by atoms with Gasteiger partial charge >= 0.3 is 5.97 Å². The lowest BCUT2D eigenvalue weighted by molar-refractivity contribution is -0.148. The van der Waals surface area contributed by atoms with Crippen molar-refractivity contribution < 1.29 is 14.3 Å². The molecule has 0 saturated carbocycles. The van der Waals surface area contributed by atoms with Crippen LogP contribution < -0.4 is 5.32 Å². The minimum absolute atomic E-state index is 0.174. The molecule has 124 valence electrons. The number of carbonyl (C=O) groups is 1. The van der Waals surface area contributed by atoms with Gasteiger partial charge in [-0.2, -0.15) is 0 Å². The quantitative estimate of drug-likeness (QED) is 0.693. The molecule has 0 bridgehead atoms. The topological polar surface area (TPSA) is 50.8 Å². The lowest BCUT2D eigenvalue weighted by Gasteiger charge is -2.39. The van der Waals surface area contributed by atoms with Crippen LogP contribution in [0.4, 0.5) is 0 Å². The zero-order valence-electron chi connectivity index (χ0n) is 14.3. The third-order valence-electron chi connectivity index (χ3n) is 4.38. The monoisotopic (exact) mass is 300 g/mol. The van der Waals surface area contributed by atoms with Crippen molar-refractivity contribution in [1.29, 1.82) is 0 Å². The van der Waals surface area contributed by atoms with Crippen molar-refractivity contribution in [2.75, 3.05) is 33.4 Å². The number of rotatable bonds is 8. The van der Waals surface area contributed by atoms with Crippen LogP contribution in [-0.2, 0) is 14.3 Å². The van der Waals surface area contributed by atoms with E-state index in [1.165, 1.54) is 7.11 Å². The Bertz CT molecular complexity index is 325. The largest absolute Gasteiger partial charge is 0.468 e. The third kappa shape index (κ3) is 5.24. The van der Waals surface area contributed by atoms with Crippen LogP contribution in [0.5, 0.6) is 0 Å². The van der Waals surface area contributed by atoms with E-state index in [0.29, 0.717) is 12.1 Å². The molecule has 0 spiro atoms. The molecule has 1 aliphatic rings. The van der Waals surface area contributed by atoms with Gasteiger partial charge in [-0.25, -0.2) is 0 Å². The Kier molecular flexibility index (Phi) is 7.63. The Morgan fingerprint density at radius 2 is 2.19 bits per heavy atom. The molecule has 0 aromatic rings. The maximum absolute atomic E-state index is 12.0. The predicted molar refractivity (Wildman–Crippen MR) is 84.4 cm³/mol. The molecule has 0 aromatic carbocycles.